The van der Waals surface area contributed by atoms with Crippen LogP contribution < -0.4 is 5.32 Å². The highest BCUT2D eigenvalue weighted by atomic mass is 16.3. The Balaban J connectivity index is 2.09. The lowest BCUT2D eigenvalue weighted by molar-refractivity contribution is -0.130. The zero-order valence-corrected chi connectivity index (χ0v) is 13.4. The van der Waals surface area contributed by atoms with Crippen LogP contribution in [0.3, 0.4) is 0 Å². The zero-order valence-electron chi connectivity index (χ0n) is 13.4. The number of aldehydes is 1. The number of benzene rings is 1. The van der Waals surface area contributed by atoms with E-state index in [1.807, 2.05) is 25.8 Å². The maximum absolute atomic E-state index is 12.4. The van der Waals surface area contributed by atoms with Crippen LogP contribution in [0, 0.1) is 0 Å². The highest BCUT2D eigenvalue weighted by Crippen LogP contribution is 2.27. The molecule has 120 valence electrons. The van der Waals surface area contributed by atoms with Crippen LogP contribution in [-0.2, 0) is 16.0 Å². The SMILES string of the molecule is CN1C(=O)[C@H](N[C@H](C=O)Cc2ccc(O)cc2)N(C)C1(C)C. The fourth-order valence-electron chi connectivity index (χ4n) is 2.59. The second kappa shape index (κ2) is 6.06. The van der Waals surface area contributed by atoms with Crippen molar-refractivity contribution in [2.24, 2.45) is 0 Å². The predicted molar refractivity (Wildman–Crippen MR) is 83.2 cm³/mol. The van der Waals surface area contributed by atoms with Gasteiger partial charge in [0, 0.05) is 7.05 Å². The number of phenols is 1. The third-order valence-electron chi connectivity index (χ3n) is 4.56. The number of nitrogens with zero attached hydrogens (tertiary/aromatic N) is 2. The average molecular weight is 305 g/mol. The summed E-state index contributed by atoms with van der Waals surface area (Å²) in [4.78, 5) is 27.3. The van der Waals surface area contributed by atoms with Gasteiger partial charge in [-0.3, -0.25) is 15.0 Å². The van der Waals surface area contributed by atoms with Crippen molar-refractivity contribution in [3.63, 3.8) is 0 Å². The molecule has 1 heterocycles. The summed E-state index contributed by atoms with van der Waals surface area (Å²) < 4.78 is 0. The Kier molecular flexibility index (Phi) is 4.53. The summed E-state index contributed by atoms with van der Waals surface area (Å²) in [5, 5.41) is 12.4. The zero-order chi connectivity index (χ0) is 16.5. The van der Waals surface area contributed by atoms with E-state index in [1.165, 1.54) is 0 Å². The lowest BCUT2D eigenvalue weighted by atomic mass is 10.1. The van der Waals surface area contributed by atoms with Crippen molar-refractivity contribution in [1.82, 2.24) is 15.1 Å². The van der Waals surface area contributed by atoms with Gasteiger partial charge in [0.25, 0.3) is 5.91 Å². The average Bonchev–Trinajstić information content (AvgIpc) is 2.63. The molecule has 6 heteroatoms. The molecule has 1 fully saturated rings. The van der Waals surface area contributed by atoms with Gasteiger partial charge in [-0.1, -0.05) is 12.1 Å². The first-order valence-electron chi connectivity index (χ1n) is 7.27. The second-order valence-electron chi connectivity index (χ2n) is 6.18. The number of aromatic hydroxyl groups is 1. The first-order chi connectivity index (χ1) is 10.3. The number of hydrogen-bond acceptors (Lipinski definition) is 5. The summed E-state index contributed by atoms with van der Waals surface area (Å²) >= 11 is 0. The van der Waals surface area contributed by atoms with Crippen LogP contribution in [0.2, 0.25) is 0 Å². The fraction of sp³-hybridized carbons (Fsp3) is 0.500. The number of carbonyl (C=O) groups is 2. The largest absolute Gasteiger partial charge is 0.508 e. The lowest BCUT2D eigenvalue weighted by Crippen LogP contribution is -2.53. The van der Waals surface area contributed by atoms with Crippen molar-refractivity contribution in [3.05, 3.63) is 29.8 Å². The molecule has 0 spiro atoms. The lowest BCUT2D eigenvalue weighted by Gasteiger charge is -2.34. The Morgan fingerprint density at radius 1 is 1.32 bits per heavy atom. The van der Waals surface area contributed by atoms with Gasteiger partial charge in [-0.05, 0) is 45.0 Å². The molecule has 0 saturated carbocycles. The van der Waals surface area contributed by atoms with E-state index in [1.54, 1.807) is 36.2 Å². The smallest absolute Gasteiger partial charge is 0.256 e. The van der Waals surface area contributed by atoms with Gasteiger partial charge in [-0.25, -0.2) is 0 Å². The van der Waals surface area contributed by atoms with Crippen molar-refractivity contribution in [3.8, 4) is 5.75 Å². The molecule has 2 atom stereocenters. The highest BCUT2D eigenvalue weighted by molar-refractivity contribution is 5.84. The molecule has 0 unspecified atom stereocenters. The number of carbonyl (C=O) groups excluding carboxylic acids is 2. The van der Waals surface area contributed by atoms with Crippen LogP contribution in [0.15, 0.2) is 24.3 Å². The molecule has 0 aromatic heterocycles. The second-order valence-corrected chi connectivity index (χ2v) is 6.18. The van der Waals surface area contributed by atoms with Gasteiger partial charge in [0.2, 0.25) is 0 Å². The van der Waals surface area contributed by atoms with Crippen LogP contribution in [0.1, 0.15) is 19.4 Å². The summed E-state index contributed by atoms with van der Waals surface area (Å²) in [5.41, 5.74) is 0.517. The van der Waals surface area contributed by atoms with Crippen molar-refractivity contribution < 1.29 is 14.7 Å². The van der Waals surface area contributed by atoms with Gasteiger partial charge < -0.3 is 14.8 Å². The molecule has 2 N–H and O–H groups in total. The number of amides is 1. The summed E-state index contributed by atoms with van der Waals surface area (Å²) in [5.74, 6) is 0.137. The van der Waals surface area contributed by atoms with Crippen molar-refractivity contribution in [2.75, 3.05) is 14.1 Å². The van der Waals surface area contributed by atoms with Gasteiger partial charge in [-0.15, -0.1) is 0 Å². The molecule has 1 saturated heterocycles. The first kappa shape index (κ1) is 16.5. The quantitative estimate of drug-likeness (QED) is 0.778. The minimum atomic E-state index is -0.521. The van der Waals surface area contributed by atoms with E-state index in [4.69, 9.17) is 0 Å². The normalized spacial score (nSPS) is 22.8. The molecule has 1 aromatic rings. The number of nitrogens with one attached hydrogen (secondary N) is 1. The number of phenolic OH excluding ortho intramolecular Hbond substituents is 1. The summed E-state index contributed by atoms with van der Waals surface area (Å²) in [6.07, 6.45) is 0.762. The Labute approximate surface area is 130 Å². The molecule has 1 amide bonds. The molecule has 1 aliphatic rings. The van der Waals surface area contributed by atoms with Crippen molar-refractivity contribution >= 4 is 12.2 Å². The fourth-order valence-corrected chi connectivity index (χ4v) is 2.59. The Morgan fingerprint density at radius 2 is 1.91 bits per heavy atom. The minimum Gasteiger partial charge on any atom is -0.508 e. The highest BCUT2D eigenvalue weighted by Gasteiger charge is 2.47. The molecule has 22 heavy (non-hydrogen) atoms. The van der Waals surface area contributed by atoms with E-state index in [9.17, 15) is 14.7 Å². The topological polar surface area (TPSA) is 72.9 Å². The van der Waals surface area contributed by atoms with E-state index in [0.29, 0.717) is 6.42 Å². The summed E-state index contributed by atoms with van der Waals surface area (Å²) in [6, 6.07) is 6.23. The Hall–Kier alpha value is -1.92. The van der Waals surface area contributed by atoms with Gasteiger partial charge in [-0.2, -0.15) is 0 Å². The number of likely N-dealkylation sites (N-methyl/N-ethyl adjacent to an activating group) is 2. The third-order valence-corrected chi connectivity index (χ3v) is 4.56. The van der Waals surface area contributed by atoms with Gasteiger partial charge in [0.15, 0.2) is 0 Å². The number of rotatable bonds is 5. The third kappa shape index (κ3) is 2.98. The van der Waals surface area contributed by atoms with E-state index in [0.717, 1.165) is 11.8 Å². The first-order valence-corrected chi connectivity index (χ1v) is 7.27. The minimum absolute atomic E-state index is 0.0509. The molecule has 0 radical (unpaired) electrons. The van der Waals surface area contributed by atoms with Gasteiger partial charge >= 0.3 is 0 Å². The molecule has 0 aliphatic carbocycles. The van der Waals surface area contributed by atoms with Crippen LogP contribution in [-0.4, -0.2) is 59.1 Å². The molecule has 1 aromatic carbocycles. The Morgan fingerprint density at radius 3 is 2.36 bits per heavy atom. The molecular weight excluding hydrogens is 282 g/mol. The van der Waals surface area contributed by atoms with E-state index in [2.05, 4.69) is 5.32 Å². The van der Waals surface area contributed by atoms with Crippen LogP contribution in [0.4, 0.5) is 0 Å². The van der Waals surface area contributed by atoms with Gasteiger partial charge in [0.05, 0.1) is 11.7 Å². The molecule has 2 rings (SSSR count). The van der Waals surface area contributed by atoms with E-state index in [-0.39, 0.29) is 11.7 Å². The Bertz CT molecular complexity index is 556. The van der Waals surface area contributed by atoms with E-state index < -0.39 is 17.9 Å². The van der Waals surface area contributed by atoms with Crippen molar-refractivity contribution in [2.45, 2.75) is 38.1 Å². The summed E-state index contributed by atoms with van der Waals surface area (Å²) in [6.45, 7) is 3.92. The maximum Gasteiger partial charge on any atom is 0.256 e. The molecule has 6 nitrogen and oxygen atoms in total. The maximum atomic E-state index is 12.4. The molecule has 1 aliphatic heterocycles. The number of hydrogen-bond donors (Lipinski definition) is 2. The van der Waals surface area contributed by atoms with Gasteiger partial charge in [0.1, 0.15) is 18.2 Å². The van der Waals surface area contributed by atoms with Crippen LogP contribution in [0.5, 0.6) is 5.75 Å². The van der Waals surface area contributed by atoms with Crippen LogP contribution >= 0.6 is 0 Å². The molecular formula is C16H23N3O3. The standard InChI is InChI=1S/C16H23N3O3/c1-16(2)18(3)14(15(22)19(16)4)17-12(10-20)9-11-5-7-13(21)8-6-11/h5-8,10,12,14,17,21H,9H2,1-4H3/t12-,14+/m0/s1. The summed E-state index contributed by atoms with van der Waals surface area (Å²) in [7, 11) is 3.62. The van der Waals surface area contributed by atoms with Crippen molar-refractivity contribution in [1.29, 1.82) is 0 Å². The van der Waals surface area contributed by atoms with Crippen LogP contribution in [0.25, 0.3) is 0 Å². The monoisotopic (exact) mass is 305 g/mol. The van der Waals surface area contributed by atoms with E-state index >= 15 is 0 Å². The predicted octanol–water partition coefficient (Wildman–Crippen LogP) is 0.558. The molecule has 0 bridgehead atoms.